The average Bonchev–Trinajstić information content (AvgIpc) is 2.82. The van der Waals surface area contributed by atoms with Crippen LogP contribution in [0.1, 0.15) is 39.0 Å². The van der Waals surface area contributed by atoms with Crippen LogP contribution in [0.25, 0.3) is 0 Å². The van der Waals surface area contributed by atoms with Crippen LogP contribution in [0, 0.1) is 11.8 Å². The number of rotatable bonds is 11. The molecule has 0 aromatic carbocycles. The van der Waals surface area contributed by atoms with E-state index in [1.807, 2.05) is 6.26 Å². The summed E-state index contributed by atoms with van der Waals surface area (Å²) in [5, 5.41) is 3.44. The van der Waals surface area contributed by atoms with Gasteiger partial charge in [0.15, 0.2) is 0 Å². The van der Waals surface area contributed by atoms with Crippen LogP contribution >= 0.6 is 0 Å². The second-order valence-electron chi connectivity index (χ2n) is 6.57. The lowest BCUT2D eigenvalue weighted by Gasteiger charge is -2.22. The highest BCUT2D eigenvalue weighted by atomic mass is 16.5. The highest BCUT2D eigenvalue weighted by molar-refractivity contribution is 5.12. The van der Waals surface area contributed by atoms with Gasteiger partial charge in [0, 0.05) is 32.3 Å². The normalized spacial score (nSPS) is 12.0. The molecule has 0 amide bonds. The lowest BCUT2D eigenvalue weighted by Crippen LogP contribution is -2.30. The van der Waals surface area contributed by atoms with E-state index in [0.29, 0.717) is 11.8 Å². The average molecular weight is 296 g/mol. The molecule has 0 unspecified atom stereocenters. The first kappa shape index (κ1) is 18.2. The van der Waals surface area contributed by atoms with Gasteiger partial charge in [0.05, 0.1) is 19.4 Å². The minimum Gasteiger partial charge on any atom is -0.468 e. The maximum Gasteiger partial charge on any atom is 0.118 e. The maximum absolute atomic E-state index is 5.69. The molecule has 0 bridgehead atoms. The molecular formula is C17H32N2O2. The molecular weight excluding hydrogens is 264 g/mol. The summed E-state index contributed by atoms with van der Waals surface area (Å²) >= 11 is 0. The molecule has 122 valence electrons. The van der Waals surface area contributed by atoms with Gasteiger partial charge in [-0.1, -0.05) is 27.7 Å². The second kappa shape index (κ2) is 9.98. The summed E-state index contributed by atoms with van der Waals surface area (Å²) in [6.07, 6.45) is 1.87. The third-order valence-corrected chi connectivity index (χ3v) is 3.20. The van der Waals surface area contributed by atoms with Crippen molar-refractivity contribution in [2.75, 3.05) is 33.4 Å². The fourth-order valence-corrected chi connectivity index (χ4v) is 2.30. The van der Waals surface area contributed by atoms with Gasteiger partial charge in [-0.25, -0.2) is 0 Å². The molecule has 0 saturated carbocycles. The van der Waals surface area contributed by atoms with Gasteiger partial charge in [-0.3, -0.25) is 4.90 Å². The number of nitrogens with zero attached hydrogens (tertiary/aromatic N) is 1. The Hall–Kier alpha value is -0.840. The Morgan fingerprint density at radius 1 is 1.24 bits per heavy atom. The van der Waals surface area contributed by atoms with Crippen LogP contribution in [0.4, 0.5) is 0 Å². The van der Waals surface area contributed by atoms with Crippen LogP contribution in [0.5, 0.6) is 0 Å². The number of furan rings is 1. The molecule has 1 aromatic rings. The van der Waals surface area contributed by atoms with Crippen LogP contribution in [0.15, 0.2) is 16.7 Å². The zero-order chi connectivity index (χ0) is 15.7. The topological polar surface area (TPSA) is 37.6 Å². The van der Waals surface area contributed by atoms with E-state index in [1.165, 1.54) is 5.56 Å². The van der Waals surface area contributed by atoms with Gasteiger partial charge in [0.1, 0.15) is 5.76 Å². The predicted octanol–water partition coefficient (Wildman–Crippen LogP) is 3.13. The Labute approximate surface area is 129 Å². The molecule has 0 radical (unpaired) electrons. The first-order chi connectivity index (χ1) is 10.0. The van der Waals surface area contributed by atoms with Crippen molar-refractivity contribution in [2.45, 2.75) is 40.8 Å². The summed E-state index contributed by atoms with van der Waals surface area (Å²) in [7, 11) is 1.75. The van der Waals surface area contributed by atoms with Gasteiger partial charge in [-0.05, 0) is 24.4 Å². The van der Waals surface area contributed by atoms with Crippen LogP contribution in [-0.4, -0.2) is 38.3 Å². The predicted molar refractivity (Wildman–Crippen MR) is 87.2 cm³/mol. The van der Waals surface area contributed by atoms with Crippen LogP contribution in [-0.2, 0) is 17.8 Å². The van der Waals surface area contributed by atoms with Crippen LogP contribution in [0.3, 0.4) is 0 Å². The van der Waals surface area contributed by atoms with E-state index in [0.717, 1.165) is 45.1 Å². The highest BCUT2D eigenvalue weighted by Gasteiger charge is 2.11. The number of hydrogen-bond donors (Lipinski definition) is 1. The van der Waals surface area contributed by atoms with Gasteiger partial charge in [-0.2, -0.15) is 0 Å². The minimum absolute atomic E-state index is 0.643. The largest absolute Gasteiger partial charge is 0.468 e. The van der Waals surface area contributed by atoms with Gasteiger partial charge in [0.25, 0.3) is 0 Å². The van der Waals surface area contributed by atoms with E-state index < -0.39 is 0 Å². The van der Waals surface area contributed by atoms with Gasteiger partial charge in [-0.15, -0.1) is 0 Å². The SMILES string of the molecule is COCCN(Cc1cc(CNCC(C)C)co1)CC(C)C. The van der Waals surface area contributed by atoms with Gasteiger partial charge in [0.2, 0.25) is 0 Å². The molecule has 0 aliphatic heterocycles. The van der Waals surface area contributed by atoms with Gasteiger partial charge < -0.3 is 14.5 Å². The highest BCUT2D eigenvalue weighted by Crippen LogP contribution is 2.12. The monoisotopic (exact) mass is 296 g/mol. The zero-order valence-electron chi connectivity index (χ0n) is 14.3. The molecule has 0 aliphatic carbocycles. The Morgan fingerprint density at radius 2 is 2.00 bits per heavy atom. The fourth-order valence-electron chi connectivity index (χ4n) is 2.30. The van der Waals surface area contributed by atoms with E-state index in [-0.39, 0.29) is 0 Å². The lowest BCUT2D eigenvalue weighted by atomic mass is 10.2. The second-order valence-corrected chi connectivity index (χ2v) is 6.57. The Balaban J connectivity index is 2.45. The molecule has 1 heterocycles. The third kappa shape index (κ3) is 8.24. The smallest absolute Gasteiger partial charge is 0.118 e. The number of methoxy groups -OCH3 is 1. The van der Waals surface area contributed by atoms with E-state index in [2.05, 4.69) is 44.0 Å². The van der Waals surface area contributed by atoms with Gasteiger partial charge >= 0.3 is 0 Å². The molecule has 21 heavy (non-hydrogen) atoms. The Bertz CT molecular complexity index is 375. The van der Waals surface area contributed by atoms with E-state index in [4.69, 9.17) is 9.15 Å². The summed E-state index contributed by atoms with van der Waals surface area (Å²) < 4.78 is 10.9. The van der Waals surface area contributed by atoms with Crippen molar-refractivity contribution >= 4 is 0 Å². The summed E-state index contributed by atoms with van der Waals surface area (Å²) in [6, 6.07) is 2.16. The molecule has 1 N–H and O–H groups in total. The van der Waals surface area contributed by atoms with Crippen molar-refractivity contribution in [3.63, 3.8) is 0 Å². The quantitative estimate of drug-likeness (QED) is 0.681. The standard InChI is InChI=1S/C17H32N2O2/c1-14(2)9-18-10-16-8-17(21-13-16)12-19(6-7-20-5)11-15(3)4/h8,13-15,18H,6-7,9-12H2,1-5H3. The number of nitrogens with one attached hydrogen (secondary N) is 1. The molecule has 0 fully saturated rings. The Kier molecular flexibility index (Phi) is 8.66. The maximum atomic E-state index is 5.69. The van der Waals surface area contributed by atoms with E-state index in [9.17, 15) is 0 Å². The molecule has 1 aromatic heterocycles. The fraction of sp³-hybridized carbons (Fsp3) is 0.765. The molecule has 0 aliphatic rings. The molecule has 4 heteroatoms. The van der Waals surface area contributed by atoms with Crippen molar-refractivity contribution in [2.24, 2.45) is 11.8 Å². The summed E-state index contributed by atoms with van der Waals surface area (Å²) in [4.78, 5) is 2.39. The zero-order valence-corrected chi connectivity index (χ0v) is 14.3. The molecule has 1 rings (SSSR count). The van der Waals surface area contributed by atoms with Crippen molar-refractivity contribution in [1.29, 1.82) is 0 Å². The summed E-state index contributed by atoms with van der Waals surface area (Å²) in [6.45, 7) is 14.4. The molecule has 4 nitrogen and oxygen atoms in total. The van der Waals surface area contributed by atoms with Crippen molar-refractivity contribution < 1.29 is 9.15 Å². The number of ether oxygens (including phenoxy) is 1. The van der Waals surface area contributed by atoms with Crippen molar-refractivity contribution in [3.05, 3.63) is 23.7 Å². The summed E-state index contributed by atoms with van der Waals surface area (Å²) in [5.41, 5.74) is 1.22. The van der Waals surface area contributed by atoms with Crippen LogP contribution < -0.4 is 5.32 Å². The van der Waals surface area contributed by atoms with E-state index in [1.54, 1.807) is 7.11 Å². The first-order valence-electron chi connectivity index (χ1n) is 7.99. The van der Waals surface area contributed by atoms with E-state index >= 15 is 0 Å². The Morgan fingerprint density at radius 3 is 2.62 bits per heavy atom. The van der Waals surface area contributed by atoms with Crippen molar-refractivity contribution in [3.8, 4) is 0 Å². The van der Waals surface area contributed by atoms with Crippen LogP contribution in [0.2, 0.25) is 0 Å². The molecule has 0 spiro atoms. The first-order valence-corrected chi connectivity index (χ1v) is 7.99. The number of hydrogen-bond acceptors (Lipinski definition) is 4. The molecule has 0 atom stereocenters. The lowest BCUT2D eigenvalue weighted by molar-refractivity contribution is 0.131. The summed E-state index contributed by atoms with van der Waals surface area (Å²) in [5.74, 6) is 2.35. The van der Waals surface area contributed by atoms with Crippen molar-refractivity contribution in [1.82, 2.24) is 10.2 Å². The third-order valence-electron chi connectivity index (χ3n) is 3.20. The molecule has 0 saturated heterocycles. The minimum atomic E-state index is 0.643.